The van der Waals surface area contributed by atoms with E-state index in [-0.39, 0.29) is 12.1 Å². The number of ether oxygens (including phenoxy) is 1. The van der Waals surface area contributed by atoms with Crippen molar-refractivity contribution >= 4 is 6.03 Å². The number of nitrogens with one attached hydrogen (secondary N) is 2. The van der Waals surface area contributed by atoms with Gasteiger partial charge in [-0.15, -0.1) is 0 Å². The van der Waals surface area contributed by atoms with E-state index in [1.807, 2.05) is 68.4 Å². The number of carbonyl (C=O) groups excluding carboxylic acids is 1. The van der Waals surface area contributed by atoms with Gasteiger partial charge in [0.1, 0.15) is 5.75 Å². The maximum atomic E-state index is 12.0. The quantitative estimate of drug-likeness (QED) is 0.687. The molecule has 5 nitrogen and oxygen atoms in total. The van der Waals surface area contributed by atoms with E-state index < -0.39 is 6.10 Å². The van der Waals surface area contributed by atoms with Crippen LogP contribution < -0.4 is 15.4 Å². The lowest BCUT2D eigenvalue weighted by Gasteiger charge is -2.17. The fraction of sp³-hybridized carbons (Fsp3) is 0.350. The van der Waals surface area contributed by atoms with Gasteiger partial charge in [-0.25, -0.2) is 4.79 Å². The monoisotopic (exact) mass is 342 g/mol. The normalized spacial score (nSPS) is 12.9. The third-order valence-electron chi connectivity index (χ3n) is 3.90. The average molecular weight is 342 g/mol. The summed E-state index contributed by atoms with van der Waals surface area (Å²) < 4.78 is 5.48. The van der Waals surface area contributed by atoms with Gasteiger partial charge < -0.3 is 20.5 Å². The van der Waals surface area contributed by atoms with Crippen LogP contribution in [0.25, 0.3) is 0 Å². The van der Waals surface area contributed by atoms with E-state index in [4.69, 9.17) is 4.74 Å². The molecule has 0 saturated heterocycles. The highest BCUT2D eigenvalue weighted by atomic mass is 16.5. The summed E-state index contributed by atoms with van der Waals surface area (Å²) in [7, 11) is 0. The fourth-order valence-electron chi connectivity index (χ4n) is 2.54. The van der Waals surface area contributed by atoms with Crippen molar-refractivity contribution in [1.29, 1.82) is 0 Å². The van der Waals surface area contributed by atoms with Crippen LogP contribution in [0.4, 0.5) is 4.79 Å². The van der Waals surface area contributed by atoms with E-state index in [9.17, 15) is 9.90 Å². The van der Waals surface area contributed by atoms with Gasteiger partial charge in [-0.05, 0) is 43.5 Å². The zero-order valence-electron chi connectivity index (χ0n) is 14.7. The first-order chi connectivity index (χ1) is 12.1. The molecular weight excluding hydrogens is 316 g/mol. The van der Waals surface area contributed by atoms with Crippen molar-refractivity contribution in [1.82, 2.24) is 10.6 Å². The molecule has 3 N–H and O–H groups in total. The van der Waals surface area contributed by atoms with Gasteiger partial charge in [0.15, 0.2) is 0 Å². The first-order valence-electron chi connectivity index (χ1n) is 8.60. The second-order valence-electron chi connectivity index (χ2n) is 5.84. The van der Waals surface area contributed by atoms with E-state index in [2.05, 4.69) is 10.6 Å². The molecule has 0 fully saturated rings. The Kier molecular flexibility index (Phi) is 7.29. The highest BCUT2D eigenvalue weighted by Gasteiger charge is 2.11. The molecule has 2 amide bonds. The number of urea groups is 1. The molecular formula is C20H26N2O3. The third-order valence-corrected chi connectivity index (χ3v) is 3.90. The summed E-state index contributed by atoms with van der Waals surface area (Å²) in [5, 5.41) is 15.8. The van der Waals surface area contributed by atoms with Crippen LogP contribution >= 0.6 is 0 Å². The van der Waals surface area contributed by atoms with Crippen LogP contribution in [0, 0.1) is 0 Å². The first-order valence-corrected chi connectivity index (χ1v) is 8.60. The van der Waals surface area contributed by atoms with Gasteiger partial charge in [-0.2, -0.15) is 0 Å². The molecule has 2 unspecified atom stereocenters. The number of hydrogen-bond acceptors (Lipinski definition) is 3. The number of amides is 2. The molecule has 0 aliphatic carbocycles. The minimum absolute atomic E-state index is 0.139. The van der Waals surface area contributed by atoms with Gasteiger partial charge in [0.2, 0.25) is 0 Å². The molecule has 25 heavy (non-hydrogen) atoms. The Balaban J connectivity index is 1.77. The van der Waals surface area contributed by atoms with Gasteiger partial charge in [-0.1, -0.05) is 42.5 Å². The molecule has 0 radical (unpaired) electrons. The van der Waals surface area contributed by atoms with Crippen LogP contribution in [-0.4, -0.2) is 24.3 Å². The molecule has 0 aromatic heterocycles. The van der Waals surface area contributed by atoms with E-state index >= 15 is 0 Å². The highest BCUT2D eigenvalue weighted by Crippen LogP contribution is 2.19. The molecule has 0 spiro atoms. The summed E-state index contributed by atoms with van der Waals surface area (Å²) >= 11 is 0. The number of aliphatic hydroxyl groups is 1. The second kappa shape index (κ2) is 9.69. The molecule has 0 saturated carbocycles. The van der Waals surface area contributed by atoms with E-state index in [1.54, 1.807) is 0 Å². The standard InChI is InChI=1S/C20H26N2O3/c1-3-25-18-11-7-10-17(14-18)15(2)22-20(24)21-13-12-19(23)16-8-5-4-6-9-16/h4-11,14-15,19,23H,3,12-13H2,1-2H3,(H2,21,22,24). The van der Waals surface area contributed by atoms with Crippen LogP contribution in [0.5, 0.6) is 5.75 Å². The predicted molar refractivity (Wildman–Crippen MR) is 98.6 cm³/mol. The van der Waals surface area contributed by atoms with Gasteiger partial charge >= 0.3 is 6.03 Å². The Morgan fingerprint density at radius 1 is 1.12 bits per heavy atom. The van der Waals surface area contributed by atoms with Crippen molar-refractivity contribution in [3.63, 3.8) is 0 Å². The van der Waals surface area contributed by atoms with Gasteiger partial charge in [-0.3, -0.25) is 0 Å². The summed E-state index contributed by atoms with van der Waals surface area (Å²) in [5.74, 6) is 0.792. The lowest BCUT2D eigenvalue weighted by atomic mass is 10.1. The van der Waals surface area contributed by atoms with E-state index in [0.717, 1.165) is 16.9 Å². The summed E-state index contributed by atoms with van der Waals surface area (Å²) in [6.07, 6.45) is -0.118. The molecule has 0 aliphatic rings. The maximum absolute atomic E-state index is 12.0. The molecule has 0 bridgehead atoms. The van der Waals surface area contributed by atoms with Crippen molar-refractivity contribution in [2.24, 2.45) is 0 Å². The van der Waals surface area contributed by atoms with Crippen molar-refractivity contribution in [2.75, 3.05) is 13.2 Å². The molecule has 2 aromatic rings. The average Bonchev–Trinajstić information content (AvgIpc) is 2.63. The van der Waals surface area contributed by atoms with E-state index in [0.29, 0.717) is 19.6 Å². The molecule has 2 atom stereocenters. The number of rotatable bonds is 8. The van der Waals surface area contributed by atoms with Crippen molar-refractivity contribution in [2.45, 2.75) is 32.4 Å². The maximum Gasteiger partial charge on any atom is 0.315 e. The minimum atomic E-state index is -0.582. The zero-order valence-corrected chi connectivity index (χ0v) is 14.7. The van der Waals surface area contributed by atoms with Gasteiger partial charge in [0, 0.05) is 6.54 Å². The number of hydrogen-bond donors (Lipinski definition) is 3. The molecule has 5 heteroatoms. The largest absolute Gasteiger partial charge is 0.494 e. The van der Waals surface area contributed by atoms with Crippen molar-refractivity contribution < 1.29 is 14.6 Å². The van der Waals surface area contributed by atoms with E-state index in [1.165, 1.54) is 0 Å². The molecule has 2 rings (SSSR count). The summed E-state index contributed by atoms with van der Waals surface area (Å²) in [6.45, 7) is 4.86. The molecule has 0 heterocycles. The topological polar surface area (TPSA) is 70.6 Å². The Morgan fingerprint density at radius 2 is 1.84 bits per heavy atom. The lowest BCUT2D eigenvalue weighted by Crippen LogP contribution is -2.37. The van der Waals surface area contributed by atoms with Crippen LogP contribution in [0.2, 0.25) is 0 Å². The van der Waals surface area contributed by atoms with Gasteiger partial charge in [0.05, 0.1) is 18.8 Å². The first kappa shape index (κ1) is 18.8. The molecule has 134 valence electrons. The Morgan fingerprint density at radius 3 is 2.56 bits per heavy atom. The predicted octanol–water partition coefficient (Wildman–Crippen LogP) is 3.57. The number of carbonyl (C=O) groups is 1. The third kappa shape index (κ3) is 6.12. The Hall–Kier alpha value is -2.53. The SMILES string of the molecule is CCOc1cccc(C(C)NC(=O)NCCC(O)c2ccccc2)c1. The van der Waals surface area contributed by atoms with Crippen molar-refractivity contribution in [3.8, 4) is 5.75 Å². The molecule has 2 aromatic carbocycles. The highest BCUT2D eigenvalue weighted by molar-refractivity contribution is 5.74. The zero-order chi connectivity index (χ0) is 18.1. The van der Waals surface area contributed by atoms with Gasteiger partial charge in [0.25, 0.3) is 0 Å². The van der Waals surface area contributed by atoms with Crippen LogP contribution in [-0.2, 0) is 0 Å². The molecule has 0 aliphatic heterocycles. The number of benzene rings is 2. The van der Waals surface area contributed by atoms with Crippen molar-refractivity contribution in [3.05, 3.63) is 65.7 Å². The van der Waals surface area contributed by atoms with Crippen LogP contribution in [0.1, 0.15) is 43.5 Å². The summed E-state index contributed by atoms with van der Waals surface area (Å²) in [5.41, 5.74) is 1.83. The Bertz CT molecular complexity index is 661. The summed E-state index contributed by atoms with van der Waals surface area (Å²) in [6, 6.07) is 16.7. The summed E-state index contributed by atoms with van der Waals surface area (Å²) in [4.78, 5) is 12.0. The Labute approximate surface area is 149 Å². The van der Waals surface area contributed by atoms with Crippen LogP contribution in [0.3, 0.4) is 0 Å². The van der Waals surface area contributed by atoms with Crippen LogP contribution in [0.15, 0.2) is 54.6 Å². The lowest BCUT2D eigenvalue weighted by molar-refractivity contribution is 0.166. The number of aliphatic hydroxyl groups excluding tert-OH is 1. The minimum Gasteiger partial charge on any atom is -0.494 e. The smallest absolute Gasteiger partial charge is 0.315 e. The second-order valence-corrected chi connectivity index (χ2v) is 5.84. The fourth-order valence-corrected chi connectivity index (χ4v) is 2.54.